The fourth-order valence-corrected chi connectivity index (χ4v) is 4.75. The van der Waals surface area contributed by atoms with E-state index in [0.29, 0.717) is 0 Å². The molecule has 1 N–H and O–H groups in total. The predicted molar refractivity (Wildman–Crippen MR) is 112 cm³/mol. The number of nitrogens with one attached hydrogen (secondary N) is 1. The Morgan fingerprint density at radius 3 is 2.48 bits per heavy atom. The van der Waals surface area contributed by atoms with Crippen molar-refractivity contribution >= 4 is 34.1 Å². The van der Waals surface area contributed by atoms with Gasteiger partial charge in [0.15, 0.2) is 0 Å². The first kappa shape index (κ1) is 16.2. The highest BCUT2D eigenvalue weighted by atomic mass is 32.2. The van der Waals surface area contributed by atoms with E-state index >= 15 is 0 Å². The van der Waals surface area contributed by atoms with Crippen LogP contribution < -0.4 is 5.32 Å². The minimum atomic E-state index is -0.0526. The number of rotatable bonds is 2. The molecule has 0 aliphatic carbocycles. The fourth-order valence-electron chi connectivity index (χ4n) is 3.64. The number of hydrogen-bond donors (Lipinski definition) is 1. The Labute approximate surface area is 162 Å². The molecule has 0 aromatic heterocycles. The van der Waals surface area contributed by atoms with Crippen LogP contribution in [0.3, 0.4) is 0 Å². The second-order valence-electron chi connectivity index (χ2n) is 6.65. The molecule has 0 fully saturated rings. The molecule has 1 aliphatic heterocycles. The van der Waals surface area contributed by atoms with Gasteiger partial charge in [0.2, 0.25) is 0 Å². The summed E-state index contributed by atoms with van der Waals surface area (Å²) in [7, 11) is 0. The molecular formula is C24H17NOS. The highest BCUT2D eigenvalue weighted by molar-refractivity contribution is 7.99. The Hall–Kier alpha value is -3.04. The van der Waals surface area contributed by atoms with E-state index in [1.54, 1.807) is 11.8 Å². The number of benzene rings is 4. The number of amides is 1. The zero-order valence-corrected chi connectivity index (χ0v) is 15.4. The summed E-state index contributed by atoms with van der Waals surface area (Å²) < 4.78 is 0. The summed E-state index contributed by atoms with van der Waals surface area (Å²) in [6.07, 6.45) is 0.789. The third kappa shape index (κ3) is 2.90. The van der Waals surface area contributed by atoms with Crippen LogP contribution >= 0.6 is 11.8 Å². The standard InChI is InChI=1S/C24H17NOS/c26-24(25-21-12-5-9-16-7-1-3-10-18(16)21)19-11-6-14-23-20(19)15-17-8-2-4-13-22(17)27-23/h1-14H,15H2,(H,25,26). The smallest absolute Gasteiger partial charge is 0.256 e. The van der Waals surface area contributed by atoms with Crippen LogP contribution in [0.5, 0.6) is 0 Å². The van der Waals surface area contributed by atoms with E-state index in [1.807, 2.05) is 42.5 Å². The molecule has 3 heteroatoms. The first-order chi connectivity index (χ1) is 13.3. The highest BCUT2D eigenvalue weighted by Gasteiger charge is 2.21. The minimum absolute atomic E-state index is 0.0526. The van der Waals surface area contributed by atoms with Gasteiger partial charge in [-0.1, -0.05) is 72.4 Å². The van der Waals surface area contributed by atoms with Crippen LogP contribution in [0, 0.1) is 0 Å². The number of carbonyl (C=O) groups excluding carboxylic acids is 1. The van der Waals surface area contributed by atoms with Crippen molar-refractivity contribution in [2.45, 2.75) is 16.2 Å². The third-order valence-corrected chi connectivity index (χ3v) is 6.20. The van der Waals surface area contributed by atoms with Crippen molar-refractivity contribution in [1.82, 2.24) is 0 Å². The lowest BCUT2D eigenvalue weighted by Gasteiger charge is -2.21. The Balaban J connectivity index is 1.52. The van der Waals surface area contributed by atoms with Crippen LogP contribution in [0.4, 0.5) is 5.69 Å². The van der Waals surface area contributed by atoms with Gasteiger partial charge in [-0.25, -0.2) is 0 Å². The van der Waals surface area contributed by atoms with E-state index < -0.39 is 0 Å². The van der Waals surface area contributed by atoms with Crippen LogP contribution in [0.15, 0.2) is 94.7 Å². The largest absolute Gasteiger partial charge is 0.321 e. The number of carbonyl (C=O) groups is 1. The van der Waals surface area contributed by atoms with Gasteiger partial charge in [-0.2, -0.15) is 0 Å². The zero-order valence-electron chi connectivity index (χ0n) is 14.6. The summed E-state index contributed by atoms with van der Waals surface area (Å²) in [4.78, 5) is 15.6. The lowest BCUT2D eigenvalue weighted by atomic mass is 9.98. The van der Waals surface area contributed by atoms with Gasteiger partial charge < -0.3 is 5.32 Å². The third-order valence-electron chi connectivity index (χ3n) is 4.98. The number of hydrogen-bond acceptors (Lipinski definition) is 2. The van der Waals surface area contributed by atoms with E-state index in [2.05, 4.69) is 47.8 Å². The monoisotopic (exact) mass is 367 g/mol. The normalized spacial score (nSPS) is 12.3. The van der Waals surface area contributed by atoms with Crippen molar-refractivity contribution in [2.75, 3.05) is 5.32 Å². The summed E-state index contributed by atoms with van der Waals surface area (Å²) in [5.74, 6) is -0.0526. The Morgan fingerprint density at radius 2 is 1.52 bits per heavy atom. The summed E-state index contributed by atoms with van der Waals surface area (Å²) in [6.45, 7) is 0. The zero-order chi connectivity index (χ0) is 18.2. The van der Waals surface area contributed by atoms with Crippen LogP contribution in [0.25, 0.3) is 10.8 Å². The summed E-state index contributed by atoms with van der Waals surface area (Å²) in [6, 6.07) is 28.5. The van der Waals surface area contributed by atoms with Crippen LogP contribution in [-0.4, -0.2) is 5.91 Å². The quantitative estimate of drug-likeness (QED) is 0.405. The first-order valence-corrected chi connectivity index (χ1v) is 9.78. The maximum absolute atomic E-state index is 13.1. The van der Waals surface area contributed by atoms with E-state index in [4.69, 9.17) is 0 Å². The van der Waals surface area contributed by atoms with Gasteiger partial charge in [0.1, 0.15) is 0 Å². The maximum atomic E-state index is 13.1. The molecule has 1 heterocycles. The summed E-state index contributed by atoms with van der Waals surface area (Å²) in [5.41, 5.74) is 3.99. The molecule has 4 aromatic carbocycles. The molecule has 1 amide bonds. The molecular weight excluding hydrogens is 350 g/mol. The van der Waals surface area contributed by atoms with Gasteiger partial charge in [0.25, 0.3) is 5.91 Å². The molecule has 5 rings (SSSR count). The lowest BCUT2D eigenvalue weighted by Crippen LogP contribution is -2.16. The van der Waals surface area contributed by atoms with Crippen molar-refractivity contribution in [2.24, 2.45) is 0 Å². The Bertz CT molecular complexity index is 1180. The van der Waals surface area contributed by atoms with Gasteiger partial charge in [-0.05, 0) is 40.8 Å². The Kier molecular flexibility index (Phi) is 3.95. The van der Waals surface area contributed by atoms with E-state index in [9.17, 15) is 4.79 Å². The molecule has 130 valence electrons. The van der Waals surface area contributed by atoms with Gasteiger partial charge in [0.05, 0.1) is 0 Å². The van der Waals surface area contributed by atoms with Crippen molar-refractivity contribution in [3.8, 4) is 0 Å². The van der Waals surface area contributed by atoms with E-state index in [0.717, 1.165) is 34.0 Å². The van der Waals surface area contributed by atoms with Crippen LogP contribution in [0.2, 0.25) is 0 Å². The fraction of sp³-hybridized carbons (Fsp3) is 0.0417. The highest BCUT2D eigenvalue weighted by Crippen LogP contribution is 2.40. The molecule has 0 saturated carbocycles. The number of anilines is 1. The Morgan fingerprint density at radius 1 is 0.778 bits per heavy atom. The molecule has 4 aromatic rings. The molecule has 0 bridgehead atoms. The summed E-state index contributed by atoms with van der Waals surface area (Å²) >= 11 is 1.74. The molecule has 1 aliphatic rings. The summed E-state index contributed by atoms with van der Waals surface area (Å²) in [5, 5.41) is 5.30. The first-order valence-electron chi connectivity index (χ1n) is 8.96. The molecule has 0 unspecified atom stereocenters. The second-order valence-corrected chi connectivity index (χ2v) is 7.73. The van der Waals surface area contributed by atoms with Gasteiger partial charge >= 0.3 is 0 Å². The molecule has 0 radical (unpaired) electrons. The SMILES string of the molecule is O=C(Nc1cccc2ccccc12)c1cccc2c1Cc1ccccc1S2. The molecule has 2 nitrogen and oxygen atoms in total. The van der Waals surface area contributed by atoms with Crippen molar-refractivity contribution in [3.63, 3.8) is 0 Å². The molecule has 0 spiro atoms. The lowest BCUT2D eigenvalue weighted by molar-refractivity contribution is 0.102. The van der Waals surface area contributed by atoms with E-state index in [1.165, 1.54) is 15.4 Å². The number of fused-ring (bicyclic) bond motifs is 3. The molecule has 27 heavy (non-hydrogen) atoms. The van der Waals surface area contributed by atoms with Gasteiger partial charge in [0, 0.05) is 32.8 Å². The topological polar surface area (TPSA) is 29.1 Å². The van der Waals surface area contributed by atoms with Crippen molar-refractivity contribution < 1.29 is 4.79 Å². The molecule has 0 atom stereocenters. The van der Waals surface area contributed by atoms with Crippen molar-refractivity contribution in [1.29, 1.82) is 0 Å². The molecule has 0 saturated heterocycles. The minimum Gasteiger partial charge on any atom is -0.321 e. The van der Waals surface area contributed by atoms with Gasteiger partial charge in [-0.15, -0.1) is 0 Å². The average Bonchev–Trinajstić information content (AvgIpc) is 2.72. The second kappa shape index (κ2) is 6.60. The predicted octanol–water partition coefficient (Wildman–Crippen LogP) is 6.15. The van der Waals surface area contributed by atoms with Gasteiger partial charge in [-0.3, -0.25) is 4.79 Å². The van der Waals surface area contributed by atoms with E-state index in [-0.39, 0.29) is 5.91 Å². The maximum Gasteiger partial charge on any atom is 0.256 e. The van der Waals surface area contributed by atoms with Crippen LogP contribution in [-0.2, 0) is 6.42 Å². The van der Waals surface area contributed by atoms with Crippen LogP contribution in [0.1, 0.15) is 21.5 Å². The van der Waals surface area contributed by atoms with Crippen molar-refractivity contribution in [3.05, 3.63) is 102 Å². The average molecular weight is 367 g/mol.